The second-order valence-corrected chi connectivity index (χ2v) is 7.57. The molecule has 0 saturated heterocycles. The highest BCUT2D eigenvalue weighted by Crippen LogP contribution is 2.43. The Morgan fingerprint density at radius 3 is 2.38 bits per heavy atom. The van der Waals surface area contributed by atoms with E-state index in [9.17, 15) is 5.11 Å². The summed E-state index contributed by atoms with van der Waals surface area (Å²) in [5.74, 6) is 1.42. The summed E-state index contributed by atoms with van der Waals surface area (Å²) in [6.07, 6.45) is 6.86. The molecule has 24 heavy (non-hydrogen) atoms. The summed E-state index contributed by atoms with van der Waals surface area (Å²) in [5.41, 5.74) is 1.46. The fourth-order valence-corrected chi connectivity index (χ4v) is 4.23. The van der Waals surface area contributed by atoms with Crippen LogP contribution in [0.25, 0.3) is 6.08 Å². The van der Waals surface area contributed by atoms with E-state index in [2.05, 4.69) is 38.9 Å². The molecule has 1 aromatic carbocycles. The van der Waals surface area contributed by atoms with Crippen molar-refractivity contribution in [2.24, 2.45) is 11.8 Å². The van der Waals surface area contributed by atoms with E-state index in [0.29, 0.717) is 5.92 Å². The van der Waals surface area contributed by atoms with E-state index >= 15 is 0 Å². The van der Waals surface area contributed by atoms with Crippen molar-refractivity contribution < 1.29 is 9.84 Å². The molecule has 1 aliphatic rings. The SMILES string of the molecule is COc1ccc(/C=C(\C)C(O)(C(C)CN(C)C)C2CCCC2)cc1. The topological polar surface area (TPSA) is 32.7 Å². The van der Waals surface area contributed by atoms with Gasteiger partial charge < -0.3 is 14.7 Å². The van der Waals surface area contributed by atoms with Crippen LogP contribution in [-0.2, 0) is 0 Å². The average molecular weight is 332 g/mol. The largest absolute Gasteiger partial charge is 0.497 e. The van der Waals surface area contributed by atoms with Crippen molar-refractivity contribution in [3.63, 3.8) is 0 Å². The van der Waals surface area contributed by atoms with Crippen LogP contribution >= 0.6 is 0 Å². The Morgan fingerprint density at radius 2 is 1.88 bits per heavy atom. The maximum Gasteiger partial charge on any atom is 0.118 e. The zero-order chi connectivity index (χ0) is 17.7. The number of benzene rings is 1. The van der Waals surface area contributed by atoms with Crippen molar-refractivity contribution in [3.05, 3.63) is 35.4 Å². The Kier molecular flexibility index (Phi) is 6.47. The predicted molar refractivity (Wildman–Crippen MR) is 101 cm³/mol. The second-order valence-electron chi connectivity index (χ2n) is 7.57. The summed E-state index contributed by atoms with van der Waals surface area (Å²) < 4.78 is 5.23. The zero-order valence-corrected chi connectivity index (χ0v) is 15.9. The molecule has 0 amide bonds. The number of hydrogen-bond acceptors (Lipinski definition) is 3. The summed E-state index contributed by atoms with van der Waals surface area (Å²) >= 11 is 0. The first-order valence-electron chi connectivity index (χ1n) is 9.07. The van der Waals surface area contributed by atoms with Crippen LogP contribution in [0.1, 0.15) is 45.1 Å². The summed E-state index contributed by atoms with van der Waals surface area (Å²) in [7, 11) is 5.83. The molecule has 1 saturated carbocycles. The van der Waals surface area contributed by atoms with Gasteiger partial charge in [0.2, 0.25) is 0 Å². The zero-order valence-electron chi connectivity index (χ0n) is 15.9. The minimum atomic E-state index is -0.735. The molecule has 3 heteroatoms. The summed E-state index contributed by atoms with van der Waals surface area (Å²) in [6.45, 7) is 5.17. The third kappa shape index (κ3) is 4.20. The molecule has 0 aromatic heterocycles. The highest BCUT2D eigenvalue weighted by atomic mass is 16.5. The van der Waals surface area contributed by atoms with Gasteiger partial charge in [0.1, 0.15) is 5.75 Å². The number of hydrogen-bond donors (Lipinski definition) is 1. The number of methoxy groups -OCH3 is 1. The van der Waals surface area contributed by atoms with Gasteiger partial charge in [-0.1, -0.05) is 38.0 Å². The molecular weight excluding hydrogens is 298 g/mol. The van der Waals surface area contributed by atoms with E-state index in [4.69, 9.17) is 4.74 Å². The van der Waals surface area contributed by atoms with E-state index in [1.165, 1.54) is 12.8 Å². The van der Waals surface area contributed by atoms with Gasteiger partial charge >= 0.3 is 0 Å². The molecule has 0 bridgehead atoms. The van der Waals surface area contributed by atoms with Crippen molar-refractivity contribution in [2.75, 3.05) is 27.7 Å². The van der Waals surface area contributed by atoms with Gasteiger partial charge in [-0.2, -0.15) is 0 Å². The van der Waals surface area contributed by atoms with Crippen LogP contribution in [0.3, 0.4) is 0 Å². The van der Waals surface area contributed by atoms with Crippen LogP contribution in [0.4, 0.5) is 0 Å². The lowest BCUT2D eigenvalue weighted by Gasteiger charge is -2.41. The fraction of sp³-hybridized carbons (Fsp3) is 0.619. The second kappa shape index (κ2) is 8.17. The highest BCUT2D eigenvalue weighted by Gasteiger charge is 2.44. The molecule has 1 fully saturated rings. The Hall–Kier alpha value is -1.32. The molecule has 1 aromatic rings. The number of nitrogens with zero attached hydrogens (tertiary/aromatic N) is 1. The first kappa shape index (κ1) is 19.0. The third-order valence-corrected chi connectivity index (χ3v) is 5.50. The van der Waals surface area contributed by atoms with E-state index < -0.39 is 5.60 Å². The van der Waals surface area contributed by atoms with Crippen LogP contribution in [0, 0.1) is 11.8 Å². The normalized spacial score (nSPS) is 20.2. The van der Waals surface area contributed by atoms with Crippen LogP contribution in [0.5, 0.6) is 5.75 Å². The summed E-state index contributed by atoms with van der Waals surface area (Å²) in [6, 6.07) is 8.04. The van der Waals surface area contributed by atoms with Gasteiger partial charge in [0, 0.05) is 12.5 Å². The van der Waals surface area contributed by atoms with E-state index in [-0.39, 0.29) is 5.92 Å². The lowest BCUT2D eigenvalue weighted by molar-refractivity contribution is -0.0350. The van der Waals surface area contributed by atoms with Crippen LogP contribution < -0.4 is 4.74 Å². The fourth-order valence-electron chi connectivity index (χ4n) is 4.23. The smallest absolute Gasteiger partial charge is 0.118 e. The molecule has 0 aliphatic heterocycles. The van der Waals surface area contributed by atoms with Gasteiger partial charge in [0.25, 0.3) is 0 Å². The van der Waals surface area contributed by atoms with Crippen molar-refractivity contribution in [3.8, 4) is 5.75 Å². The average Bonchev–Trinajstić information content (AvgIpc) is 3.08. The summed E-state index contributed by atoms with van der Waals surface area (Å²) in [5, 5.41) is 11.7. The number of aliphatic hydroxyl groups is 1. The quantitative estimate of drug-likeness (QED) is 0.812. The Labute approximate surface area is 147 Å². The lowest BCUT2D eigenvalue weighted by atomic mass is 9.71. The predicted octanol–water partition coefficient (Wildman–Crippen LogP) is 4.22. The monoisotopic (exact) mass is 331 g/mol. The Balaban J connectivity index is 2.31. The molecule has 1 N–H and O–H groups in total. The van der Waals surface area contributed by atoms with Crippen LogP contribution in [-0.4, -0.2) is 43.4 Å². The van der Waals surface area contributed by atoms with Crippen LogP contribution in [0.15, 0.2) is 29.8 Å². The van der Waals surface area contributed by atoms with Crippen molar-refractivity contribution in [1.82, 2.24) is 4.90 Å². The maximum atomic E-state index is 11.7. The van der Waals surface area contributed by atoms with Gasteiger partial charge in [0.15, 0.2) is 0 Å². The minimum Gasteiger partial charge on any atom is -0.497 e. The Morgan fingerprint density at radius 1 is 1.29 bits per heavy atom. The molecule has 134 valence electrons. The molecular formula is C21H33NO2. The van der Waals surface area contributed by atoms with E-state index in [1.807, 2.05) is 24.3 Å². The van der Waals surface area contributed by atoms with Gasteiger partial charge in [-0.25, -0.2) is 0 Å². The van der Waals surface area contributed by atoms with E-state index in [1.54, 1.807) is 7.11 Å². The first-order valence-corrected chi connectivity index (χ1v) is 9.07. The highest BCUT2D eigenvalue weighted by molar-refractivity contribution is 5.56. The van der Waals surface area contributed by atoms with Gasteiger partial charge in [-0.05, 0) is 63.0 Å². The summed E-state index contributed by atoms with van der Waals surface area (Å²) in [4.78, 5) is 2.17. The standard InChI is InChI=1S/C21H33NO2/c1-16(14-18-10-12-20(24-5)13-11-18)21(23,17(2)15-22(3)4)19-8-6-7-9-19/h10-14,17,19,23H,6-9,15H2,1-5H3/b16-14+. The molecule has 0 heterocycles. The number of ether oxygens (including phenoxy) is 1. The van der Waals surface area contributed by atoms with Gasteiger partial charge in [-0.15, -0.1) is 0 Å². The first-order chi connectivity index (χ1) is 11.4. The van der Waals surface area contributed by atoms with Gasteiger partial charge in [-0.3, -0.25) is 0 Å². The van der Waals surface area contributed by atoms with E-state index in [0.717, 1.165) is 36.3 Å². The van der Waals surface area contributed by atoms with Crippen LogP contribution in [0.2, 0.25) is 0 Å². The third-order valence-electron chi connectivity index (χ3n) is 5.50. The van der Waals surface area contributed by atoms with Crippen molar-refractivity contribution >= 4 is 6.08 Å². The minimum absolute atomic E-state index is 0.199. The maximum absolute atomic E-state index is 11.7. The van der Waals surface area contributed by atoms with Crippen molar-refractivity contribution in [2.45, 2.75) is 45.1 Å². The molecule has 0 radical (unpaired) electrons. The molecule has 1 aliphatic carbocycles. The van der Waals surface area contributed by atoms with Gasteiger partial charge in [0.05, 0.1) is 12.7 Å². The molecule has 2 unspecified atom stereocenters. The molecule has 0 spiro atoms. The molecule has 2 rings (SSSR count). The van der Waals surface area contributed by atoms with Crippen molar-refractivity contribution in [1.29, 1.82) is 0 Å². The molecule has 3 nitrogen and oxygen atoms in total. The lowest BCUT2D eigenvalue weighted by Crippen LogP contribution is -2.47. The Bertz CT molecular complexity index is 543. The molecule has 2 atom stereocenters. The number of rotatable bonds is 7.